The van der Waals surface area contributed by atoms with E-state index in [2.05, 4.69) is 55.7 Å². The van der Waals surface area contributed by atoms with Crippen molar-refractivity contribution in [1.82, 2.24) is 25.6 Å². The second-order valence-electron chi connectivity index (χ2n) is 9.74. The van der Waals surface area contributed by atoms with Crippen LogP contribution in [0.1, 0.15) is 25.1 Å². The van der Waals surface area contributed by atoms with Gasteiger partial charge in [-0.3, -0.25) is 4.98 Å². The molecule has 1 saturated heterocycles. The normalized spacial score (nSPS) is 17.5. The monoisotopic (exact) mass is 551 g/mol. The number of anilines is 2. The van der Waals surface area contributed by atoms with Crippen LogP contribution in [0.2, 0.25) is 0 Å². The number of halogens is 3. The SMILES string of the molecule is C[C@@H]1CN(c2ccc3c(Oc4ccc(NC(=O)NCc5ccc(C(F)(F)F)nc5)cc4)ncnc3c2)C[C@H](C)N1. The van der Waals surface area contributed by atoms with E-state index < -0.39 is 17.9 Å². The van der Waals surface area contributed by atoms with Crippen LogP contribution in [0.4, 0.5) is 29.3 Å². The maximum atomic E-state index is 12.6. The zero-order valence-electron chi connectivity index (χ0n) is 21.9. The van der Waals surface area contributed by atoms with Gasteiger partial charge in [0.05, 0.1) is 10.9 Å². The van der Waals surface area contributed by atoms with Crippen molar-refractivity contribution >= 4 is 28.3 Å². The minimum atomic E-state index is -4.51. The molecule has 1 fully saturated rings. The first-order valence-electron chi connectivity index (χ1n) is 12.7. The number of aromatic nitrogens is 3. The maximum absolute atomic E-state index is 12.6. The van der Waals surface area contributed by atoms with Gasteiger partial charge in [-0.1, -0.05) is 6.07 Å². The summed E-state index contributed by atoms with van der Waals surface area (Å²) in [5, 5.41) is 9.58. The summed E-state index contributed by atoms with van der Waals surface area (Å²) in [5.74, 6) is 0.942. The summed E-state index contributed by atoms with van der Waals surface area (Å²) < 4.78 is 43.9. The Morgan fingerprint density at radius 3 is 2.45 bits per heavy atom. The summed E-state index contributed by atoms with van der Waals surface area (Å²) in [6.07, 6.45) is -1.96. The number of urea groups is 1. The topological polar surface area (TPSA) is 104 Å². The molecule has 208 valence electrons. The van der Waals surface area contributed by atoms with E-state index in [1.54, 1.807) is 24.3 Å². The number of ether oxygens (including phenoxy) is 1. The lowest BCUT2D eigenvalue weighted by Gasteiger charge is -2.37. The van der Waals surface area contributed by atoms with Gasteiger partial charge >= 0.3 is 12.2 Å². The number of hydrogen-bond donors (Lipinski definition) is 3. The van der Waals surface area contributed by atoms with E-state index in [1.807, 2.05) is 12.1 Å². The van der Waals surface area contributed by atoms with Crippen molar-refractivity contribution in [2.45, 2.75) is 38.7 Å². The van der Waals surface area contributed by atoms with Crippen LogP contribution >= 0.6 is 0 Å². The van der Waals surface area contributed by atoms with E-state index >= 15 is 0 Å². The molecule has 0 saturated carbocycles. The van der Waals surface area contributed by atoms with Crippen molar-refractivity contribution < 1.29 is 22.7 Å². The Labute approximate surface area is 228 Å². The average molecular weight is 552 g/mol. The van der Waals surface area contributed by atoms with Crippen LogP contribution in [0.5, 0.6) is 11.6 Å². The van der Waals surface area contributed by atoms with Crippen LogP contribution in [-0.4, -0.2) is 46.2 Å². The molecule has 9 nitrogen and oxygen atoms in total. The molecule has 1 aliphatic heterocycles. The lowest BCUT2D eigenvalue weighted by molar-refractivity contribution is -0.141. The Kier molecular flexibility index (Phi) is 7.69. The summed E-state index contributed by atoms with van der Waals surface area (Å²) in [7, 11) is 0. The molecule has 4 aromatic rings. The number of fused-ring (bicyclic) bond motifs is 1. The van der Waals surface area contributed by atoms with Crippen molar-refractivity contribution in [3.63, 3.8) is 0 Å². The number of carbonyl (C=O) groups excluding carboxylic acids is 1. The first kappa shape index (κ1) is 27.1. The molecule has 0 radical (unpaired) electrons. The predicted octanol–water partition coefficient (Wildman–Crippen LogP) is 5.34. The molecule has 3 heterocycles. The fourth-order valence-corrected chi connectivity index (χ4v) is 4.61. The molecular weight excluding hydrogens is 523 g/mol. The summed E-state index contributed by atoms with van der Waals surface area (Å²) in [6, 6.07) is 15.2. The molecular formula is C28H28F3N7O2. The van der Waals surface area contributed by atoms with Crippen LogP contribution in [-0.2, 0) is 12.7 Å². The summed E-state index contributed by atoms with van der Waals surface area (Å²) >= 11 is 0. The first-order chi connectivity index (χ1) is 19.1. The zero-order chi connectivity index (χ0) is 28.3. The number of nitrogens with one attached hydrogen (secondary N) is 3. The van der Waals surface area contributed by atoms with Gasteiger partial charge in [0.15, 0.2) is 0 Å². The Morgan fingerprint density at radius 2 is 1.77 bits per heavy atom. The highest BCUT2D eigenvalue weighted by molar-refractivity contribution is 5.89. The number of alkyl halides is 3. The van der Waals surface area contributed by atoms with Crippen LogP contribution < -0.4 is 25.6 Å². The van der Waals surface area contributed by atoms with E-state index in [4.69, 9.17) is 4.74 Å². The molecule has 5 rings (SSSR count). The van der Waals surface area contributed by atoms with Gasteiger partial charge in [-0.2, -0.15) is 13.2 Å². The van der Waals surface area contributed by atoms with E-state index in [-0.39, 0.29) is 6.54 Å². The number of nitrogens with zero attached hydrogens (tertiary/aromatic N) is 4. The molecule has 2 aromatic heterocycles. The highest BCUT2D eigenvalue weighted by Crippen LogP contribution is 2.31. The summed E-state index contributed by atoms with van der Waals surface area (Å²) in [6.45, 7) is 6.19. The Hall–Kier alpha value is -4.45. The van der Waals surface area contributed by atoms with Gasteiger partial charge in [0.1, 0.15) is 17.8 Å². The third kappa shape index (κ3) is 6.57. The number of benzene rings is 2. The fraction of sp³-hybridized carbons (Fsp3) is 0.286. The van der Waals surface area contributed by atoms with Gasteiger partial charge in [-0.05, 0) is 67.9 Å². The first-order valence-corrected chi connectivity index (χ1v) is 12.7. The molecule has 12 heteroatoms. The number of hydrogen-bond acceptors (Lipinski definition) is 7. The van der Waals surface area contributed by atoms with Gasteiger partial charge in [0.25, 0.3) is 0 Å². The van der Waals surface area contributed by atoms with Gasteiger partial charge < -0.3 is 25.6 Å². The molecule has 0 spiro atoms. The van der Waals surface area contributed by atoms with Gasteiger partial charge in [0.2, 0.25) is 5.88 Å². The quantitative estimate of drug-likeness (QED) is 0.297. The van der Waals surface area contributed by atoms with Crippen molar-refractivity contribution in [2.75, 3.05) is 23.3 Å². The number of carbonyl (C=O) groups is 1. The standard InChI is InChI=1S/C28H28F3N7O2/c1-17-14-38(15-18(2)36-17)21-6-9-23-24(11-21)34-16-35-26(23)40-22-7-4-20(5-8-22)37-27(39)33-13-19-3-10-25(32-12-19)28(29,30)31/h3-12,16-18,36H,13-15H2,1-2H3,(H2,33,37,39)/t17-,18+. The van der Waals surface area contributed by atoms with Crippen LogP contribution in [0.3, 0.4) is 0 Å². The minimum absolute atomic E-state index is 0.0212. The fourth-order valence-electron chi connectivity index (χ4n) is 4.61. The molecule has 1 aliphatic rings. The Balaban J connectivity index is 1.19. The molecule has 2 atom stereocenters. The van der Waals surface area contributed by atoms with E-state index in [0.29, 0.717) is 35.0 Å². The maximum Gasteiger partial charge on any atom is 0.433 e. The third-order valence-electron chi connectivity index (χ3n) is 6.40. The van der Waals surface area contributed by atoms with Gasteiger partial charge in [-0.15, -0.1) is 0 Å². The lowest BCUT2D eigenvalue weighted by Crippen LogP contribution is -2.54. The average Bonchev–Trinajstić information content (AvgIpc) is 2.92. The largest absolute Gasteiger partial charge is 0.438 e. The molecule has 0 bridgehead atoms. The van der Waals surface area contributed by atoms with E-state index in [9.17, 15) is 18.0 Å². The zero-order valence-corrected chi connectivity index (χ0v) is 21.9. The van der Waals surface area contributed by atoms with Gasteiger partial charge in [-0.25, -0.2) is 14.8 Å². The van der Waals surface area contributed by atoms with E-state index in [0.717, 1.165) is 41.9 Å². The minimum Gasteiger partial charge on any atom is -0.438 e. The van der Waals surface area contributed by atoms with Crippen molar-refractivity contribution in [3.05, 3.63) is 78.4 Å². The summed E-state index contributed by atoms with van der Waals surface area (Å²) in [4.78, 5) is 26.7. The Bertz CT molecular complexity index is 1470. The number of rotatable bonds is 6. The molecule has 3 N–H and O–H groups in total. The van der Waals surface area contributed by atoms with Crippen molar-refractivity contribution in [1.29, 1.82) is 0 Å². The molecule has 0 unspecified atom stereocenters. The Morgan fingerprint density at radius 1 is 1.02 bits per heavy atom. The van der Waals surface area contributed by atoms with Crippen LogP contribution in [0.25, 0.3) is 10.9 Å². The smallest absolute Gasteiger partial charge is 0.433 e. The number of piperazine rings is 1. The molecule has 2 aromatic carbocycles. The number of amides is 2. The molecule has 40 heavy (non-hydrogen) atoms. The van der Waals surface area contributed by atoms with Crippen molar-refractivity contribution in [2.24, 2.45) is 0 Å². The summed E-state index contributed by atoms with van der Waals surface area (Å²) in [5.41, 5.74) is 1.84. The third-order valence-corrected chi connectivity index (χ3v) is 6.40. The predicted molar refractivity (Wildman–Crippen MR) is 145 cm³/mol. The van der Waals surface area contributed by atoms with Crippen LogP contribution in [0.15, 0.2) is 67.1 Å². The highest BCUT2D eigenvalue weighted by Gasteiger charge is 2.32. The van der Waals surface area contributed by atoms with E-state index in [1.165, 1.54) is 12.4 Å². The molecule has 2 amide bonds. The molecule has 0 aliphatic carbocycles. The highest BCUT2D eigenvalue weighted by atomic mass is 19.4. The van der Waals surface area contributed by atoms with Gasteiger partial charge in [0, 0.05) is 49.3 Å². The number of pyridine rings is 1. The second kappa shape index (κ2) is 11.3. The lowest BCUT2D eigenvalue weighted by atomic mass is 10.1. The second-order valence-corrected chi connectivity index (χ2v) is 9.74. The van der Waals surface area contributed by atoms with Crippen LogP contribution in [0, 0.1) is 0 Å². The van der Waals surface area contributed by atoms with Crippen molar-refractivity contribution in [3.8, 4) is 11.6 Å².